The van der Waals surface area contributed by atoms with Crippen LogP contribution in [0.3, 0.4) is 0 Å². The number of fused-ring (bicyclic) bond motifs is 2. The Bertz CT molecular complexity index is 1940. The number of piperazine rings is 1. The van der Waals surface area contributed by atoms with Gasteiger partial charge in [-0.15, -0.1) is 0 Å². The predicted octanol–water partition coefficient (Wildman–Crippen LogP) is 5.98. The van der Waals surface area contributed by atoms with E-state index >= 15 is 0 Å². The normalized spacial score (nSPS) is 14.1. The molecule has 0 atom stereocenters. The summed E-state index contributed by atoms with van der Waals surface area (Å²) in [6.07, 6.45) is 2.02. The number of amides is 1. The van der Waals surface area contributed by atoms with E-state index in [0.29, 0.717) is 22.3 Å². The first kappa shape index (κ1) is 26.8. The molecule has 6 aromatic rings. The van der Waals surface area contributed by atoms with Crippen LogP contribution in [-0.2, 0) is 6.42 Å². The molecular weight excluding hydrogens is 548 g/mol. The van der Waals surface area contributed by atoms with E-state index in [-0.39, 0.29) is 12.3 Å². The molecule has 2 aromatic heterocycles. The van der Waals surface area contributed by atoms with Crippen molar-refractivity contribution in [1.29, 1.82) is 0 Å². The van der Waals surface area contributed by atoms with Gasteiger partial charge in [0.25, 0.3) is 5.91 Å². The number of benzene rings is 4. The Labute approximate surface area is 246 Å². The van der Waals surface area contributed by atoms with Gasteiger partial charge in [0, 0.05) is 54.3 Å². The van der Waals surface area contributed by atoms with Crippen molar-refractivity contribution in [1.82, 2.24) is 25.3 Å². The fourth-order valence-corrected chi connectivity index (χ4v) is 5.73. The molecule has 7 rings (SSSR count). The van der Waals surface area contributed by atoms with Crippen LogP contribution in [0.5, 0.6) is 0 Å². The van der Waals surface area contributed by atoms with Gasteiger partial charge in [-0.1, -0.05) is 6.07 Å². The third kappa shape index (κ3) is 5.44. The number of H-pyrrole nitrogens is 2. The van der Waals surface area contributed by atoms with Crippen molar-refractivity contribution in [2.45, 2.75) is 6.42 Å². The molecule has 0 spiro atoms. The molecule has 0 radical (unpaired) electrons. The number of likely N-dealkylation sites (N-methyl/N-ethyl adjacent to an activating group) is 1. The number of rotatable bonds is 6. The lowest BCUT2D eigenvalue weighted by Gasteiger charge is -2.34. The Morgan fingerprint density at radius 2 is 1.65 bits per heavy atom. The molecule has 0 aliphatic carbocycles. The molecular formula is C33H29F2N7O. The second kappa shape index (κ2) is 11.0. The van der Waals surface area contributed by atoms with Crippen molar-refractivity contribution in [2.24, 2.45) is 0 Å². The average Bonchev–Trinajstić information content (AvgIpc) is 3.63. The van der Waals surface area contributed by atoms with Gasteiger partial charge in [0.15, 0.2) is 5.82 Å². The van der Waals surface area contributed by atoms with Crippen LogP contribution < -0.4 is 10.2 Å². The molecule has 3 heterocycles. The van der Waals surface area contributed by atoms with Gasteiger partial charge in [0.1, 0.15) is 11.6 Å². The maximum absolute atomic E-state index is 14.1. The van der Waals surface area contributed by atoms with Gasteiger partial charge in [-0.2, -0.15) is 10.2 Å². The second-order valence-corrected chi connectivity index (χ2v) is 11.0. The van der Waals surface area contributed by atoms with Crippen LogP contribution in [0.2, 0.25) is 0 Å². The number of halogens is 2. The van der Waals surface area contributed by atoms with Crippen molar-refractivity contribution in [3.05, 3.63) is 107 Å². The van der Waals surface area contributed by atoms with E-state index in [1.54, 1.807) is 6.20 Å². The van der Waals surface area contributed by atoms with Crippen LogP contribution in [0.15, 0.2) is 79.0 Å². The van der Waals surface area contributed by atoms with Crippen molar-refractivity contribution < 1.29 is 13.6 Å². The summed E-state index contributed by atoms with van der Waals surface area (Å²) < 4.78 is 28.2. The standard InChI is InChI=1S/C33H29F2N7O/c1-41-8-10-42(11-9-41)27-5-2-21(3-6-27)33(43)37-32-29-16-23(12-20-13-25(34)17-26(35)14-20)28(18-31(29)39-40-32)22-4-7-30-24(15-22)19-36-38-30/h2-7,13-19H,8-12H2,1H3,(H,36,38)(H2,37,39,40,43). The van der Waals surface area contributed by atoms with E-state index in [2.05, 4.69) is 42.6 Å². The summed E-state index contributed by atoms with van der Waals surface area (Å²) in [5.41, 5.74) is 6.36. The quantitative estimate of drug-likeness (QED) is 0.227. The molecule has 43 heavy (non-hydrogen) atoms. The summed E-state index contributed by atoms with van der Waals surface area (Å²) in [4.78, 5) is 17.9. The van der Waals surface area contributed by atoms with E-state index in [9.17, 15) is 13.6 Å². The second-order valence-electron chi connectivity index (χ2n) is 11.0. The van der Waals surface area contributed by atoms with Crippen molar-refractivity contribution in [3.63, 3.8) is 0 Å². The lowest BCUT2D eigenvalue weighted by atomic mass is 9.93. The van der Waals surface area contributed by atoms with Gasteiger partial charge in [-0.05, 0) is 96.4 Å². The van der Waals surface area contributed by atoms with Crippen LogP contribution in [0, 0.1) is 11.6 Å². The Kier molecular flexibility index (Phi) is 6.83. The minimum absolute atomic E-state index is 0.274. The third-order valence-electron chi connectivity index (χ3n) is 8.08. The molecule has 0 bridgehead atoms. The highest BCUT2D eigenvalue weighted by Gasteiger charge is 2.18. The zero-order chi connectivity index (χ0) is 29.5. The van der Waals surface area contributed by atoms with Crippen molar-refractivity contribution in [2.75, 3.05) is 43.4 Å². The number of nitrogens with one attached hydrogen (secondary N) is 3. The summed E-state index contributed by atoms with van der Waals surface area (Å²) in [5, 5.41) is 19.1. The fraction of sp³-hybridized carbons (Fsp3) is 0.182. The van der Waals surface area contributed by atoms with E-state index in [1.165, 1.54) is 12.1 Å². The SMILES string of the molecule is CN1CCN(c2ccc(C(=O)Nc3n[nH]c4cc(-c5ccc6[nH]ncc6c5)c(Cc5cc(F)cc(F)c5)cc34)cc2)CC1. The molecule has 0 unspecified atom stereocenters. The summed E-state index contributed by atoms with van der Waals surface area (Å²) in [6, 6.07) is 20.9. The Morgan fingerprint density at radius 3 is 2.42 bits per heavy atom. The molecule has 4 aromatic carbocycles. The van der Waals surface area contributed by atoms with Crippen LogP contribution in [-0.4, -0.2) is 64.4 Å². The molecule has 1 fully saturated rings. The molecule has 216 valence electrons. The van der Waals surface area contributed by atoms with Crippen molar-refractivity contribution >= 4 is 39.2 Å². The molecule has 1 aliphatic heterocycles. The molecule has 10 heteroatoms. The number of nitrogens with zero attached hydrogens (tertiary/aromatic N) is 4. The molecule has 3 N–H and O–H groups in total. The number of anilines is 2. The monoisotopic (exact) mass is 577 g/mol. The van der Waals surface area contributed by atoms with E-state index in [0.717, 1.165) is 71.0 Å². The maximum atomic E-state index is 14.1. The number of aromatic nitrogens is 4. The zero-order valence-electron chi connectivity index (χ0n) is 23.5. The smallest absolute Gasteiger partial charge is 0.256 e. The topological polar surface area (TPSA) is 92.9 Å². The highest BCUT2D eigenvalue weighted by atomic mass is 19.1. The minimum Gasteiger partial charge on any atom is -0.369 e. The third-order valence-corrected chi connectivity index (χ3v) is 8.08. The summed E-state index contributed by atoms with van der Waals surface area (Å²) in [6.45, 7) is 3.90. The van der Waals surface area contributed by atoms with Crippen LogP contribution in [0.1, 0.15) is 21.5 Å². The summed E-state index contributed by atoms with van der Waals surface area (Å²) in [7, 11) is 2.12. The van der Waals surface area contributed by atoms with Crippen molar-refractivity contribution in [3.8, 4) is 11.1 Å². The lowest BCUT2D eigenvalue weighted by Crippen LogP contribution is -2.44. The summed E-state index contributed by atoms with van der Waals surface area (Å²) >= 11 is 0. The number of carbonyl (C=O) groups excluding carboxylic acids is 1. The van der Waals surface area contributed by atoms with Gasteiger partial charge >= 0.3 is 0 Å². The number of hydrogen-bond donors (Lipinski definition) is 3. The minimum atomic E-state index is -0.632. The first-order valence-electron chi connectivity index (χ1n) is 14.1. The van der Waals surface area contributed by atoms with E-state index in [1.807, 2.05) is 54.6 Å². The number of aromatic amines is 2. The number of hydrogen-bond acceptors (Lipinski definition) is 5. The molecule has 1 aliphatic rings. The molecule has 0 saturated carbocycles. The fourth-order valence-electron chi connectivity index (χ4n) is 5.73. The molecule has 8 nitrogen and oxygen atoms in total. The highest BCUT2D eigenvalue weighted by molar-refractivity contribution is 6.08. The molecule has 1 amide bonds. The number of carbonyl (C=O) groups is 1. The Balaban J connectivity index is 1.21. The first-order chi connectivity index (χ1) is 20.9. The Hall–Kier alpha value is -5.09. The molecule has 1 saturated heterocycles. The summed E-state index contributed by atoms with van der Waals surface area (Å²) in [5.74, 6) is -1.16. The predicted molar refractivity (Wildman–Crippen MR) is 164 cm³/mol. The van der Waals surface area contributed by atoms with Gasteiger partial charge in [0.05, 0.1) is 17.2 Å². The maximum Gasteiger partial charge on any atom is 0.256 e. The van der Waals surface area contributed by atoms with Gasteiger partial charge in [-0.3, -0.25) is 15.0 Å². The first-order valence-corrected chi connectivity index (χ1v) is 14.1. The van der Waals surface area contributed by atoms with Gasteiger partial charge in [0.2, 0.25) is 0 Å². The largest absolute Gasteiger partial charge is 0.369 e. The van der Waals surface area contributed by atoms with Crippen LogP contribution >= 0.6 is 0 Å². The van der Waals surface area contributed by atoms with Crippen LogP contribution in [0.4, 0.5) is 20.3 Å². The van der Waals surface area contributed by atoms with Crippen LogP contribution in [0.25, 0.3) is 32.9 Å². The zero-order valence-corrected chi connectivity index (χ0v) is 23.5. The highest BCUT2D eigenvalue weighted by Crippen LogP contribution is 2.34. The Morgan fingerprint density at radius 1 is 0.884 bits per heavy atom. The van der Waals surface area contributed by atoms with Gasteiger partial charge in [-0.25, -0.2) is 8.78 Å². The van der Waals surface area contributed by atoms with Gasteiger partial charge < -0.3 is 15.1 Å². The van der Waals surface area contributed by atoms with E-state index < -0.39 is 11.6 Å². The lowest BCUT2D eigenvalue weighted by molar-refractivity contribution is 0.102. The van der Waals surface area contributed by atoms with E-state index in [4.69, 9.17) is 0 Å². The average molecular weight is 578 g/mol.